The highest BCUT2D eigenvalue weighted by molar-refractivity contribution is 5.77. The van der Waals surface area contributed by atoms with Gasteiger partial charge in [0.15, 0.2) is 0 Å². The Morgan fingerprint density at radius 1 is 0.562 bits per heavy atom. The molecule has 0 fully saturated rings. The van der Waals surface area contributed by atoms with Crippen molar-refractivity contribution in [3.8, 4) is 11.8 Å². The van der Waals surface area contributed by atoms with E-state index in [0.717, 1.165) is 11.1 Å². The van der Waals surface area contributed by atoms with Gasteiger partial charge in [-0.05, 0) is 23.3 Å². The molecule has 0 radical (unpaired) electrons. The van der Waals surface area contributed by atoms with Crippen molar-refractivity contribution in [3.05, 3.63) is 70.8 Å². The van der Waals surface area contributed by atoms with Crippen LogP contribution in [0.1, 0.15) is 22.3 Å². The summed E-state index contributed by atoms with van der Waals surface area (Å²) in [5.41, 5.74) is 4.55. The topological polar surface area (TPSA) is 0 Å². The lowest BCUT2D eigenvalue weighted by Gasteiger charge is -2.03. The lowest BCUT2D eigenvalue weighted by molar-refractivity contribution is 1.56. The van der Waals surface area contributed by atoms with Gasteiger partial charge in [0.05, 0.1) is 0 Å². The molecule has 0 aliphatic heterocycles. The van der Waals surface area contributed by atoms with Gasteiger partial charge in [0.25, 0.3) is 0 Å². The molecule has 2 aromatic rings. The predicted octanol–water partition coefficient (Wildman–Crippen LogP) is 3.57. The third-order valence-corrected chi connectivity index (χ3v) is 2.70. The minimum absolute atomic E-state index is 1.09. The van der Waals surface area contributed by atoms with Crippen molar-refractivity contribution < 1.29 is 0 Å². The molecule has 0 bridgehead atoms. The monoisotopic (exact) mass is 202 g/mol. The van der Waals surface area contributed by atoms with Gasteiger partial charge in [-0.3, -0.25) is 0 Å². The molecule has 0 nitrogen and oxygen atoms in total. The molecule has 0 unspecified atom stereocenters. The van der Waals surface area contributed by atoms with E-state index < -0.39 is 0 Å². The second-order valence-electron chi connectivity index (χ2n) is 3.76. The zero-order chi connectivity index (χ0) is 10.8. The Bertz CT molecular complexity index is 568. The predicted molar refractivity (Wildman–Crippen MR) is 67.8 cm³/mol. The molecule has 0 saturated heterocycles. The molecular formula is C16H10. The van der Waals surface area contributed by atoms with E-state index in [1.807, 2.05) is 24.3 Å². The molecule has 0 heteroatoms. The van der Waals surface area contributed by atoms with E-state index in [9.17, 15) is 0 Å². The molecule has 0 N–H and O–H groups in total. The Morgan fingerprint density at radius 3 is 1.50 bits per heavy atom. The van der Waals surface area contributed by atoms with Gasteiger partial charge in [0, 0.05) is 11.1 Å². The molecule has 0 saturated carbocycles. The number of hydrogen-bond donors (Lipinski definition) is 0. The van der Waals surface area contributed by atoms with Crippen molar-refractivity contribution in [1.29, 1.82) is 0 Å². The molecular weight excluding hydrogens is 192 g/mol. The van der Waals surface area contributed by atoms with Crippen LogP contribution in [0.15, 0.2) is 48.5 Å². The van der Waals surface area contributed by atoms with Gasteiger partial charge in [-0.1, -0.05) is 60.4 Å². The maximum absolute atomic E-state index is 3.22. The summed E-state index contributed by atoms with van der Waals surface area (Å²) in [5, 5.41) is 0. The van der Waals surface area contributed by atoms with Gasteiger partial charge in [-0.2, -0.15) is 0 Å². The quantitative estimate of drug-likeness (QED) is 0.489. The molecule has 0 heterocycles. The number of benzene rings is 2. The summed E-state index contributed by atoms with van der Waals surface area (Å²) in [6.07, 6.45) is 4.25. The molecule has 0 spiro atoms. The Balaban J connectivity index is 2.24. The maximum Gasteiger partial charge on any atom is 0.0321 e. The van der Waals surface area contributed by atoms with Crippen molar-refractivity contribution in [2.75, 3.05) is 0 Å². The van der Waals surface area contributed by atoms with Gasteiger partial charge in [0.1, 0.15) is 0 Å². The van der Waals surface area contributed by atoms with E-state index in [0.29, 0.717) is 0 Å². The van der Waals surface area contributed by atoms with E-state index in [2.05, 4.69) is 48.3 Å². The van der Waals surface area contributed by atoms with Crippen LogP contribution in [0.5, 0.6) is 0 Å². The Labute approximate surface area is 95.3 Å². The van der Waals surface area contributed by atoms with Crippen LogP contribution in [0.25, 0.3) is 12.2 Å². The molecule has 74 valence electrons. The van der Waals surface area contributed by atoms with Crippen LogP contribution in [0, 0.1) is 11.8 Å². The van der Waals surface area contributed by atoms with Gasteiger partial charge in [-0.15, -0.1) is 0 Å². The molecule has 1 aliphatic rings. The molecule has 0 atom stereocenters. The summed E-state index contributed by atoms with van der Waals surface area (Å²) in [5.74, 6) is 6.44. The van der Waals surface area contributed by atoms with Crippen LogP contribution >= 0.6 is 0 Å². The first-order chi connectivity index (χ1) is 7.93. The average Bonchev–Trinajstić information content (AvgIpc) is 2.32. The van der Waals surface area contributed by atoms with Crippen LogP contribution < -0.4 is 0 Å². The first-order valence-electron chi connectivity index (χ1n) is 5.32. The van der Waals surface area contributed by atoms with Crippen LogP contribution in [0.4, 0.5) is 0 Å². The zero-order valence-corrected chi connectivity index (χ0v) is 8.77. The molecule has 16 heavy (non-hydrogen) atoms. The maximum atomic E-state index is 3.22. The van der Waals surface area contributed by atoms with Gasteiger partial charge in [-0.25, -0.2) is 0 Å². The first-order valence-corrected chi connectivity index (χ1v) is 5.32. The van der Waals surface area contributed by atoms with E-state index in [-0.39, 0.29) is 0 Å². The Hall–Kier alpha value is -2.26. The van der Waals surface area contributed by atoms with Crippen LogP contribution in [0.3, 0.4) is 0 Å². The highest BCUT2D eigenvalue weighted by Crippen LogP contribution is 2.17. The summed E-state index contributed by atoms with van der Waals surface area (Å²) in [6, 6.07) is 16.4. The van der Waals surface area contributed by atoms with Gasteiger partial charge in [0.2, 0.25) is 0 Å². The van der Waals surface area contributed by atoms with Crippen molar-refractivity contribution in [3.63, 3.8) is 0 Å². The number of hydrogen-bond acceptors (Lipinski definition) is 0. The molecule has 0 aromatic heterocycles. The minimum atomic E-state index is 1.09. The summed E-state index contributed by atoms with van der Waals surface area (Å²) >= 11 is 0. The fourth-order valence-electron chi connectivity index (χ4n) is 1.83. The zero-order valence-electron chi connectivity index (χ0n) is 8.77. The van der Waals surface area contributed by atoms with Crippen LogP contribution in [0.2, 0.25) is 0 Å². The highest BCUT2D eigenvalue weighted by atomic mass is 14.0. The van der Waals surface area contributed by atoms with E-state index >= 15 is 0 Å². The van der Waals surface area contributed by atoms with Crippen LogP contribution in [-0.4, -0.2) is 0 Å². The van der Waals surface area contributed by atoms with Crippen molar-refractivity contribution in [1.82, 2.24) is 0 Å². The number of rotatable bonds is 0. The third-order valence-electron chi connectivity index (χ3n) is 2.70. The fourth-order valence-corrected chi connectivity index (χ4v) is 1.83. The first kappa shape index (κ1) is 9.00. The summed E-state index contributed by atoms with van der Waals surface area (Å²) in [6.45, 7) is 0. The van der Waals surface area contributed by atoms with E-state index in [1.54, 1.807) is 0 Å². The minimum Gasteiger partial charge on any atom is -0.0616 e. The molecule has 0 amide bonds. The largest absolute Gasteiger partial charge is 0.0616 e. The Morgan fingerprint density at radius 2 is 1.00 bits per heavy atom. The molecule has 1 aliphatic carbocycles. The van der Waals surface area contributed by atoms with Gasteiger partial charge < -0.3 is 0 Å². The van der Waals surface area contributed by atoms with Crippen molar-refractivity contribution >= 4 is 12.2 Å². The molecule has 2 aromatic carbocycles. The number of fused-ring (bicyclic) bond motifs is 2. The second-order valence-corrected chi connectivity index (χ2v) is 3.76. The SMILES string of the molecule is C1#Cc2ccccc2/C=C\c2ccccc21. The lowest BCUT2D eigenvalue weighted by Crippen LogP contribution is -1.87. The van der Waals surface area contributed by atoms with E-state index in [4.69, 9.17) is 0 Å². The van der Waals surface area contributed by atoms with Crippen molar-refractivity contribution in [2.24, 2.45) is 0 Å². The Kier molecular flexibility index (Phi) is 2.09. The summed E-state index contributed by atoms with van der Waals surface area (Å²) in [4.78, 5) is 0. The summed E-state index contributed by atoms with van der Waals surface area (Å²) < 4.78 is 0. The van der Waals surface area contributed by atoms with Gasteiger partial charge >= 0.3 is 0 Å². The highest BCUT2D eigenvalue weighted by Gasteiger charge is 2.00. The third kappa shape index (κ3) is 1.53. The van der Waals surface area contributed by atoms with E-state index in [1.165, 1.54) is 11.1 Å². The average molecular weight is 202 g/mol. The normalized spacial score (nSPS) is 13.5. The summed E-state index contributed by atoms with van der Waals surface area (Å²) in [7, 11) is 0. The second kappa shape index (κ2) is 3.72. The lowest BCUT2D eigenvalue weighted by atomic mass is 10.0. The van der Waals surface area contributed by atoms with Crippen molar-refractivity contribution in [2.45, 2.75) is 0 Å². The van der Waals surface area contributed by atoms with Crippen LogP contribution in [-0.2, 0) is 0 Å². The fraction of sp³-hybridized carbons (Fsp3) is 0. The molecule has 3 rings (SSSR count). The standard InChI is InChI=1S/C16H10/c1-2-6-14-11-12-16-8-4-3-7-15(16)10-9-13(14)5-1/h1-10H/b10-9-,13-9?,15-10?. The smallest absolute Gasteiger partial charge is 0.0321 e.